The molecule has 28 heavy (non-hydrogen) atoms. The number of rotatable bonds is 5. The third-order valence-corrected chi connectivity index (χ3v) is 7.59. The van der Waals surface area contributed by atoms with Crippen molar-refractivity contribution < 1.29 is 4.39 Å². The van der Waals surface area contributed by atoms with Crippen LogP contribution in [0.2, 0.25) is 0 Å². The fourth-order valence-corrected chi connectivity index (χ4v) is 5.45. The SMILES string of the molecule is CC[C@H]1CC[C@H](c2ccc(-c3ccc([C@H]4CC[C@H](CF)CC4)cc3)cc2)CC1. The first-order chi connectivity index (χ1) is 13.8. The molecule has 0 N–H and O–H groups in total. The number of halogens is 1. The van der Waals surface area contributed by atoms with E-state index in [-0.39, 0.29) is 6.67 Å². The Labute approximate surface area is 170 Å². The van der Waals surface area contributed by atoms with Gasteiger partial charge in [-0.15, -0.1) is 0 Å². The summed E-state index contributed by atoms with van der Waals surface area (Å²) in [5.41, 5.74) is 5.59. The van der Waals surface area contributed by atoms with Crippen LogP contribution in [-0.2, 0) is 0 Å². The highest BCUT2D eigenvalue weighted by Crippen LogP contribution is 2.38. The summed E-state index contributed by atoms with van der Waals surface area (Å²) in [5, 5.41) is 0. The first-order valence-electron chi connectivity index (χ1n) is 11.5. The fraction of sp³-hybridized carbons (Fsp3) is 0.556. The third kappa shape index (κ3) is 4.50. The molecule has 0 radical (unpaired) electrons. The predicted molar refractivity (Wildman–Crippen MR) is 118 cm³/mol. The molecule has 2 aromatic carbocycles. The summed E-state index contributed by atoms with van der Waals surface area (Å²) in [6.07, 6.45) is 11.2. The Bertz CT molecular complexity index is 648. The zero-order valence-corrected chi connectivity index (χ0v) is 17.4. The van der Waals surface area contributed by atoms with Gasteiger partial charge in [-0.25, -0.2) is 0 Å². The summed E-state index contributed by atoms with van der Waals surface area (Å²) in [7, 11) is 0. The maximum Gasteiger partial charge on any atom is 0.0922 e. The molecule has 0 unspecified atom stereocenters. The molecule has 2 saturated carbocycles. The lowest BCUT2D eigenvalue weighted by Crippen LogP contribution is -2.14. The van der Waals surface area contributed by atoms with Crippen LogP contribution in [0.5, 0.6) is 0 Å². The van der Waals surface area contributed by atoms with Gasteiger partial charge in [0.25, 0.3) is 0 Å². The quantitative estimate of drug-likeness (QED) is 0.491. The number of alkyl halides is 1. The van der Waals surface area contributed by atoms with E-state index >= 15 is 0 Å². The van der Waals surface area contributed by atoms with Crippen LogP contribution in [0, 0.1) is 11.8 Å². The summed E-state index contributed by atoms with van der Waals surface area (Å²) >= 11 is 0. The fourth-order valence-electron chi connectivity index (χ4n) is 5.45. The van der Waals surface area contributed by atoms with E-state index in [1.54, 1.807) is 0 Å². The summed E-state index contributed by atoms with van der Waals surface area (Å²) in [5.74, 6) is 2.66. The van der Waals surface area contributed by atoms with Crippen LogP contribution < -0.4 is 0 Å². The van der Waals surface area contributed by atoms with Crippen LogP contribution in [0.25, 0.3) is 11.1 Å². The number of benzene rings is 2. The van der Waals surface area contributed by atoms with Gasteiger partial charge in [0.05, 0.1) is 6.67 Å². The zero-order chi connectivity index (χ0) is 19.3. The second kappa shape index (κ2) is 9.25. The lowest BCUT2D eigenvalue weighted by atomic mass is 9.77. The molecule has 0 heterocycles. The van der Waals surface area contributed by atoms with Gasteiger partial charge in [0, 0.05) is 0 Å². The van der Waals surface area contributed by atoms with E-state index in [0.717, 1.165) is 37.5 Å². The van der Waals surface area contributed by atoms with E-state index in [1.165, 1.54) is 54.4 Å². The molecule has 2 fully saturated rings. The van der Waals surface area contributed by atoms with Crippen LogP contribution in [-0.4, -0.2) is 6.67 Å². The van der Waals surface area contributed by atoms with Crippen molar-refractivity contribution >= 4 is 0 Å². The van der Waals surface area contributed by atoms with Gasteiger partial charge < -0.3 is 0 Å². The maximum atomic E-state index is 12.8. The van der Waals surface area contributed by atoms with Crippen molar-refractivity contribution in [1.29, 1.82) is 0 Å². The average molecular weight is 379 g/mol. The Balaban J connectivity index is 1.38. The molecule has 0 spiro atoms. The molecule has 4 rings (SSSR count). The Morgan fingerprint density at radius 1 is 0.607 bits per heavy atom. The van der Waals surface area contributed by atoms with Crippen molar-refractivity contribution in [3.63, 3.8) is 0 Å². The van der Waals surface area contributed by atoms with Crippen LogP contribution in [0.15, 0.2) is 48.5 Å². The average Bonchev–Trinajstić information content (AvgIpc) is 2.79. The molecular weight excluding hydrogens is 343 g/mol. The van der Waals surface area contributed by atoms with Crippen molar-refractivity contribution in [3.05, 3.63) is 59.7 Å². The van der Waals surface area contributed by atoms with E-state index in [9.17, 15) is 4.39 Å². The maximum absolute atomic E-state index is 12.8. The van der Waals surface area contributed by atoms with Gasteiger partial charge in [0.1, 0.15) is 0 Å². The highest BCUT2D eigenvalue weighted by molar-refractivity contribution is 5.64. The second-order valence-electron chi connectivity index (χ2n) is 9.24. The standard InChI is InChI=1S/C27H35F/c1-2-20-3-7-22(8-4-20)24-11-15-26(16-12-24)27-17-13-25(14-18-27)23-9-5-21(19-28)6-10-23/h11-18,20-23H,2-10,19H2,1H3/t20-,21-,22-,23-. The van der Waals surface area contributed by atoms with Crippen LogP contribution in [0.1, 0.15) is 87.7 Å². The Kier molecular flexibility index (Phi) is 6.50. The van der Waals surface area contributed by atoms with E-state index in [1.807, 2.05) is 0 Å². The summed E-state index contributed by atoms with van der Waals surface area (Å²) in [6.45, 7) is 2.20. The van der Waals surface area contributed by atoms with Gasteiger partial charge >= 0.3 is 0 Å². The highest BCUT2D eigenvalue weighted by atomic mass is 19.1. The molecule has 2 aliphatic rings. The van der Waals surface area contributed by atoms with Gasteiger partial charge in [-0.2, -0.15) is 0 Å². The van der Waals surface area contributed by atoms with E-state index in [0.29, 0.717) is 11.8 Å². The molecule has 0 aromatic heterocycles. The summed E-state index contributed by atoms with van der Waals surface area (Å²) in [6, 6.07) is 18.5. The normalized spacial score (nSPS) is 28.2. The molecule has 0 amide bonds. The Morgan fingerprint density at radius 2 is 1.00 bits per heavy atom. The molecule has 2 aliphatic carbocycles. The predicted octanol–water partition coefficient (Wildman–Crippen LogP) is 8.28. The van der Waals surface area contributed by atoms with Gasteiger partial charge in [0.2, 0.25) is 0 Å². The molecule has 0 atom stereocenters. The molecule has 0 aliphatic heterocycles. The smallest absolute Gasteiger partial charge is 0.0922 e. The van der Waals surface area contributed by atoms with E-state index in [2.05, 4.69) is 55.5 Å². The topological polar surface area (TPSA) is 0 Å². The second-order valence-corrected chi connectivity index (χ2v) is 9.24. The first kappa shape index (κ1) is 19.7. The highest BCUT2D eigenvalue weighted by Gasteiger charge is 2.23. The largest absolute Gasteiger partial charge is 0.251 e. The summed E-state index contributed by atoms with van der Waals surface area (Å²) < 4.78 is 12.8. The molecular formula is C27H35F. The van der Waals surface area contributed by atoms with Crippen LogP contribution in [0.4, 0.5) is 4.39 Å². The van der Waals surface area contributed by atoms with E-state index < -0.39 is 0 Å². The van der Waals surface area contributed by atoms with Crippen LogP contribution in [0.3, 0.4) is 0 Å². The number of hydrogen-bond acceptors (Lipinski definition) is 0. The van der Waals surface area contributed by atoms with Gasteiger partial charge in [-0.3, -0.25) is 4.39 Å². The van der Waals surface area contributed by atoms with Crippen molar-refractivity contribution in [2.75, 3.05) is 6.67 Å². The minimum atomic E-state index is -0.137. The third-order valence-electron chi connectivity index (χ3n) is 7.59. The molecule has 150 valence electrons. The molecule has 0 nitrogen and oxygen atoms in total. The lowest BCUT2D eigenvalue weighted by Gasteiger charge is -2.28. The van der Waals surface area contributed by atoms with Crippen molar-refractivity contribution in [3.8, 4) is 11.1 Å². The molecule has 2 aromatic rings. The zero-order valence-electron chi connectivity index (χ0n) is 17.4. The van der Waals surface area contributed by atoms with Gasteiger partial charge in [0.15, 0.2) is 0 Å². The van der Waals surface area contributed by atoms with Crippen molar-refractivity contribution in [1.82, 2.24) is 0 Å². The number of hydrogen-bond donors (Lipinski definition) is 0. The molecule has 0 saturated heterocycles. The minimum Gasteiger partial charge on any atom is -0.251 e. The van der Waals surface area contributed by atoms with Crippen molar-refractivity contribution in [2.45, 2.75) is 76.5 Å². The van der Waals surface area contributed by atoms with Gasteiger partial charge in [-0.05, 0) is 97.3 Å². The molecule has 1 heteroatoms. The van der Waals surface area contributed by atoms with Crippen molar-refractivity contribution in [2.24, 2.45) is 11.8 Å². The Hall–Kier alpha value is -1.63. The lowest BCUT2D eigenvalue weighted by molar-refractivity contribution is 0.263. The molecule has 0 bridgehead atoms. The van der Waals surface area contributed by atoms with Crippen LogP contribution >= 0.6 is 0 Å². The minimum absolute atomic E-state index is 0.137. The monoisotopic (exact) mass is 378 g/mol. The summed E-state index contributed by atoms with van der Waals surface area (Å²) in [4.78, 5) is 0. The first-order valence-corrected chi connectivity index (χ1v) is 11.5. The Morgan fingerprint density at radius 3 is 1.36 bits per heavy atom. The van der Waals surface area contributed by atoms with E-state index in [4.69, 9.17) is 0 Å². The van der Waals surface area contributed by atoms with Gasteiger partial charge in [-0.1, -0.05) is 61.9 Å².